The number of nitrogens with zero attached hydrogens (tertiary/aromatic N) is 1. The predicted octanol–water partition coefficient (Wildman–Crippen LogP) is 1.94. The molecule has 0 spiro atoms. The van der Waals surface area contributed by atoms with Gasteiger partial charge in [-0.2, -0.15) is 0 Å². The minimum atomic E-state index is -1.02. The second-order valence-electron chi connectivity index (χ2n) is 7.02. The zero-order chi connectivity index (χ0) is 15.9. The number of rotatable bonds is 2. The maximum atomic E-state index is 12.9. The monoisotopic (exact) mass is 309 g/mol. The van der Waals surface area contributed by atoms with E-state index in [4.69, 9.17) is 5.11 Å². The van der Waals surface area contributed by atoms with E-state index < -0.39 is 5.97 Å². The minimum Gasteiger partial charge on any atom is -0.478 e. The van der Waals surface area contributed by atoms with Crippen LogP contribution in [0.15, 0.2) is 36.4 Å². The molecular formula is C18H15NO4. The normalized spacial score (nSPS) is 39.4. The van der Waals surface area contributed by atoms with Gasteiger partial charge in [0.05, 0.1) is 23.1 Å². The fourth-order valence-electron chi connectivity index (χ4n) is 4.96. The number of imide groups is 1. The number of benzene rings is 1. The van der Waals surface area contributed by atoms with Crippen molar-refractivity contribution in [1.82, 2.24) is 0 Å². The molecule has 2 saturated carbocycles. The number of hydrogen-bond donors (Lipinski definition) is 1. The van der Waals surface area contributed by atoms with Crippen molar-refractivity contribution < 1.29 is 19.5 Å². The molecule has 5 nitrogen and oxygen atoms in total. The summed E-state index contributed by atoms with van der Waals surface area (Å²) in [7, 11) is 0. The van der Waals surface area contributed by atoms with E-state index in [1.807, 2.05) is 0 Å². The van der Waals surface area contributed by atoms with Gasteiger partial charge in [-0.3, -0.25) is 14.5 Å². The fraction of sp³-hybridized carbons (Fsp3) is 0.389. The predicted molar refractivity (Wildman–Crippen MR) is 80.6 cm³/mol. The van der Waals surface area contributed by atoms with Crippen LogP contribution >= 0.6 is 0 Å². The second kappa shape index (κ2) is 4.10. The highest BCUT2D eigenvalue weighted by Crippen LogP contribution is 2.65. The van der Waals surface area contributed by atoms with Gasteiger partial charge >= 0.3 is 5.97 Å². The lowest BCUT2D eigenvalue weighted by atomic mass is 9.63. The summed E-state index contributed by atoms with van der Waals surface area (Å²) in [6, 6.07) is 5.97. The van der Waals surface area contributed by atoms with Crippen LogP contribution in [-0.2, 0) is 9.59 Å². The summed E-state index contributed by atoms with van der Waals surface area (Å²) >= 11 is 0. The summed E-state index contributed by atoms with van der Waals surface area (Å²) in [6.45, 7) is 0. The van der Waals surface area contributed by atoms with Gasteiger partial charge in [0.2, 0.25) is 11.8 Å². The van der Waals surface area contributed by atoms with Crippen LogP contribution in [0.2, 0.25) is 0 Å². The van der Waals surface area contributed by atoms with E-state index in [0.29, 0.717) is 17.5 Å². The number of anilines is 1. The number of aromatic carboxylic acids is 1. The molecule has 6 atom stereocenters. The quantitative estimate of drug-likeness (QED) is 0.669. The second-order valence-corrected chi connectivity index (χ2v) is 7.02. The first-order chi connectivity index (χ1) is 11.1. The van der Waals surface area contributed by atoms with E-state index in [9.17, 15) is 14.4 Å². The first kappa shape index (κ1) is 13.0. The Balaban J connectivity index is 1.53. The number of carboxylic acid groups (broad SMARTS) is 1. The summed E-state index contributed by atoms with van der Waals surface area (Å²) in [5.41, 5.74) is 0.626. The first-order valence-corrected chi connectivity index (χ1v) is 7.97. The number of carbonyl (C=O) groups excluding carboxylic acids is 2. The van der Waals surface area contributed by atoms with Crippen molar-refractivity contribution in [3.63, 3.8) is 0 Å². The minimum absolute atomic E-state index is 0.118. The van der Waals surface area contributed by atoms with Crippen LogP contribution in [0.5, 0.6) is 0 Å². The molecule has 0 aromatic heterocycles. The van der Waals surface area contributed by atoms with Crippen LogP contribution in [0.25, 0.3) is 0 Å². The molecule has 2 amide bonds. The van der Waals surface area contributed by atoms with Crippen LogP contribution < -0.4 is 4.90 Å². The van der Waals surface area contributed by atoms with Crippen molar-refractivity contribution in [3.8, 4) is 0 Å². The Kier molecular flexibility index (Phi) is 2.33. The van der Waals surface area contributed by atoms with Crippen molar-refractivity contribution in [2.75, 3.05) is 4.90 Å². The molecule has 5 heteroatoms. The summed E-state index contributed by atoms with van der Waals surface area (Å²) < 4.78 is 0. The van der Waals surface area contributed by atoms with Gasteiger partial charge in [-0.15, -0.1) is 0 Å². The van der Waals surface area contributed by atoms with Crippen LogP contribution in [-0.4, -0.2) is 22.9 Å². The first-order valence-electron chi connectivity index (χ1n) is 7.97. The van der Waals surface area contributed by atoms with Gasteiger partial charge in [0.25, 0.3) is 0 Å². The summed E-state index contributed by atoms with van der Waals surface area (Å²) in [6.07, 6.45) is 5.42. The molecule has 23 heavy (non-hydrogen) atoms. The number of hydrogen-bond acceptors (Lipinski definition) is 3. The highest BCUT2D eigenvalue weighted by molar-refractivity contribution is 6.22. The Morgan fingerprint density at radius 2 is 1.48 bits per heavy atom. The van der Waals surface area contributed by atoms with Crippen molar-refractivity contribution in [1.29, 1.82) is 0 Å². The Labute approximate surface area is 132 Å². The van der Waals surface area contributed by atoms with Gasteiger partial charge in [0, 0.05) is 0 Å². The molecule has 5 aliphatic rings. The molecule has 4 aliphatic carbocycles. The molecule has 2 bridgehead atoms. The number of allylic oxidation sites excluding steroid dienone is 2. The molecule has 1 aromatic carbocycles. The maximum absolute atomic E-state index is 12.9. The van der Waals surface area contributed by atoms with Crippen molar-refractivity contribution in [3.05, 3.63) is 42.0 Å². The highest BCUT2D eigenvalue weighted by atomic mass is 16.4. The third kappa shape index (κ3) is 1.54. The van der Waals surface area contributed by atoms with Crippen LogP contribution in [0.1, 0.15) is 16.8 Å². The Bertz CT molecular complexity index is 745. The lowest BCUT2D eigenvalue weighted by Crippen LogP contribution is -2.40. The van der Waals surface area contributed by atoms with Crippen molar-refractivity contribution >= 4 is 23.5 Å². The third-order valence-electron chi connectivity index (χ3n) is 6.04. The van der Waals surface area contributed by atoms with E-state index >= 15 is 0 Å². The van der Waals surface area contributed by atoms with E-state index in [1.54, 1.807) is 12.1 Å². The molecular weight excluding hydrogens is 294 g/mol. The molecule has 6 rings (SSSR count). The largest absolute Gasteiger partial charge is 0.478 e. The zero-order valence-electron chi connectivity index (χ0n) is 12.3. The Morgan fingerprint density at radius 1 is 0.957 bits per heavy atom. The van der Waals surface area contributed by atoms with E-state index in [-0.39, 0.29) is 41.0 Å². The van der Waals surface area contributed by atoms with Crippen LogP contribution in [0.4, 0.5) is 5.69 Å². The molecule has 116 valence electrons. The van der Waals surface area contributed by atoms with Gasteiger partial charge < -0.3 is 5.11 Å². The van der Waals surface area contributed by atoms with E-state index in [0.717, 1.165) is 6.42 Å². The number of amides is 2. The van der Waals surface area contributed by atoms with Gasteiger partial charge in [-0.1, -0.05) is 12.2 Å². The van der Waals surface area contributed by atoms with E-state index in [1.165, 1.54) is 17.0 Å². The zero-order valence-corrected chi connectivity index (χ0v) is 12.3. The molecule has 1 saturated heterocycles. The van der Waals surface area contributed by atoms with Crippen molar-refractivity contribution in [2.45, 2.75) is 6.42 Å². The summed E-state index contributed by atoms with van der Waals surface area (Å²) in [4.78, 5) is 38.0. The highest BCUT2D eigenvalue weighted by Gasteiger charge is 2.67. The average Bonchev–Trinajstić information content (AvgIpc) is 3.32. The molecule has 0 unspecified atom stereocenters. The number of carboxylic acids is 1. The van der Waals surface area contributed by atoms with Gasteiger partial charge in [-0.25, -0.2) is 4.79 Å². The molecule has 3 fully saturated rings. The molecule has 0 radical (unpaired) electrons. The van der Waals surface area contributed by atoms with Crippen molar-refractivity contribution in [2.24, 2.45) is 35.5 Å². The smallest absolute Gasteiger partial charge is 0.335 e. The number of carbonyl (C=O) groups is 3. The summed E-state index contributed by atoms with van der Waals surface area (Å²) in [5, 5.41) is 8.97. The average molecular weight is 309 g/mol. The maximum Gasteiger partial charge on any atom is 0.335 e. The third-order valence-corrected chi connectivity index (χ3v) is 6.04. The molecule has 1 aromatic rings. The Morgan fingerprint density at radius 3 is 1.96 bits per heavy atom. The SMILES string of the molecule is O=C(O)c1ccc(N2C(=O)[C@@H]3[C@H]4C=C[C@@H]([C@@H]5C[C@H]45)[C@H]3C2=O)cc1. The standard InChI is InChI=1S/C18H15NO4/c20-16-14-10-5-6-11(13-7-12(10)13)15(14)17(21)19(16)9-3-1-8(2-4-9)18(22)23/h1-6,10-15H,7H2,(H,22,23)/t10-,11-,12-,13+,14+,15+/m0/s1. The molecule has 1 heterocycles. The van der Waals surface area contributed by atoms with Crippen LogP contribution in [0.3, 0.4) is 0 Å². The van der Waals surface area contributed by atoms with Gasteiger partial charge in [-0.05, 0) is 54.4 Å². The van der Waals surface area contributed by atoms with Gasteiger partial charge in [0.1, 0.15) is 0 Å². The fourth-order valence-corrected chi connectivity index (χ4v) is 4.96. The van der Waals surface area contributed by atoms with Crippen LogP contribution in [0, 0.1) is 35.5 Å². The lowest BCUT2D eigenvalue weighted by Gasteiger charge is -2.37. The molecule has 1 aliphatic heterocycles. The molecule has 1 N–H and O–H groups in total. The van der Waals surface area contributed by atoms with E-state index in [2.05, 4.69) is 12.2 Å². The Hall–Kier alpha value is -2.43. The summed E-state index contributed by atoms with van der Waals surface area (Å²) in [5.74, 6) is -0.132. The topological polar surface area (TPSA) is 74.7 Å². The lowest BCUT2D eigenvalue weighted by molar-refractivity contribution is -0.124. The van der Waals surface area contributed by atoms with Gasteiger partial charge in [0.15, 0.2) is 0 Å².